The number of aliphatic hydroxyl groups is 1. The molecule has 0 aliphatic heterocycles. The number of rotatable bonds is 5. The third-order valence-corrected chi connectivity index (χ3v) is 2.84. The molecule has 118 valence electrons. The van der Waals surface area contributed by atoms with Crippen molar-refractivity contribution in [3.63, 3.8) is 0 Å². The zero-order valence-corrected chi connectivity index (χ0v) is 11.9. The highest BCUT2D eigenvalue weighted by Gasteiger charge is 2.33. The molecule has 1 rings (SSSR count). The first-order chi connectivity index (χ1) is 9.70. The average Bonchev–Trinajstić information content (AvgIpc) is 2.35. The third kappa shape index (κ3) is 6.03. The zero-order valence-electron chi connectivity index (χ0n) is 11.9. The second kappa shape index (κ2) is 7.31. The van der Waals surface area contributed by atoms with Gasteiger partial charge in [0, 0.05) is 6.54 Å². The number of nitrogens with one attached hydrogen (secondary N) is 2. The van der Waals surface area contributed by atoms with Crippen LogP contribution in [0.3, 0.4) is 0 Å². The minimum Gasteiger partial charge on any atom is -0.393 e. The van der Waals surface area contributed by atoms with Crippen molar-refractivity contribution in [2.75, 3.05) is 11.9 Å². The lowest BCUT2D eigenvalue weighted by molar-refractivity contribution is -0.136. The van der Waals surface area contributed by atoms with E-state index in [2.05, 4.69) is 10.6 Å². The highest BCUT2D eigenvalue weighted by molar-refractivity contribution is 5.90. The van der Waals surface area contributed by atoms with Crippen LogP contribution in [0.1, 0.15) is 25.8 Å². The number of hydrogen-bond acceptors (Lipinski definition) is 2. The SMILES string of the molecule is CC(O)CC(C)CNC(=O)Nc1ccccc1C(F)(F)F. The molecule has 0 spiro atoms. The Balaban J connectivity index is 2.60. The number of hydrogen-bond donors (Lipinski definition) is 3. The van der Waals surface area contributed by atoms with Crippen molar-refractivity contribution in [1.29, 1.82) is 0 Å². The maximum Gasteiger partial charge on any atom is 0.418 e. The predicted molar refractivity (Wildman–Crippen MR) is 73.9 cm³/mol. The molecule has 2 unspecified atom stereocenters. The number of alkyl halides is 3. The van der Waals surface area contributed by atoms with Crippen molar-refractivity contribution in [3.05, 3.63) is 29.8 Å². The summed E-state index contributed by atoms with van der Waals surface area (Å²) in [6.07, 6.45) is -4.51. The van der Waals surface area contributed by atoms with Gasteiger partial charge in [0.25, 0.3) is 0 Å². The fourth-order valence-electron chi connectivity index (χ4n) is 1.94. The maximum absolute atomic E-state index is 12.8. The van der Waals surface area contributed by atoms with Crippen molar-refractivity contribution < 1.29 is 23.1 Å². The maximum atomic E-state index is 12.8. The third-order valence-electron chi connectivity index (χ3n) is 2.84. The van der Waals surface area contributed by atoms with Gasteiger partial charge in [-0.15, -0.1) is 0 Å². The Morgan fingerprint density at radius 2 is 1.90 bits per heavy atom. The quantitative estimate of drug-likeness (QED) is 0.782. The van der Waals surface area contributed by atoms with E-state index in [1.165, 1.54) is 18.2 Å². The van der Waals surface area contributed by atoms with Gasteiger partial charge in [-0.1, -0.05) is 19.1 Å². The van der Waals surface area contributed by atoms with Crippen molar-refractivity contribution >= 4 is 11.7 Å². The van der Waals surface area contributed by atoms with E-state index in [9.17, 15) is 23.1 Å². The smallest absolute Gasteiger partial charge is 0.393 e. The molecule has 1 aromatic rings. The molecule has 2 amide bonds. The Labute approximate surface area is 121 Å². The molecule has 2 atom stereocenters. The van der Waals surface area contributed by atoms with Crippen LogP contribution in [-0.4, -0.2) is 23.8 Å². The van der Waals surface area contributed by atoms with E-state index < -0.39 is 23.9 Å². The summed E-state index contributed by atoms with van der Waals surface area (Å²) in [5, 5.41) is 13.9. The number of anilines is 1. The average molecular weight is 304 g/mol. The molecule has 0 radical (unpaired) electrons. The highest BCUT2D eigenvalue weighted by Crippen LogP contribution is 2.34. The number of aliphatic hydroxyl groups excluding tert-OH is 1. The standard InChI is InChI=1S/C14H19F3N2O2/c1-9(7-10(2)20)8-18-13(21)19-12-6-4-3-5-11(12)14(15,16)17/h3-6,9-10,20H,7-8H2,1-2H3,(H2,18,19,21). The minimum absolute atomic E-state index is 0.0219. The number of para-hydroxylation sites is 1. The Morgan fingerprint density at radius 3 is 2.48 bits per heavy atom. The summed E-state index contributed by atoms with van der Waals surface area (Å²) in [5.74, 6) is 0.0219. The first-order valence-electron chi connectivity index (χ1n) is 6.59. The van der Waals surface area contributed by atoms with Crippen LogP contribution in [0, 0.1) is 5.92 Å². The number of urea groups is 1. The molecule has 4 nitrogen and oxygen atoms in total. The molecular formula is C14H19F3N2O2. The van der Waals surface area contributed by atoms with Gasteiger partial charge in [0.15, 0.2) is 0 Å². The van der Waals surface area contributed by atoms with Gasteiger partial charge >= 0.3 is 12.2 Å². The van der Waals surface area contributed by atoms with Crippen molar-refractivity contribution in [2.24, 2.45) is 5.92 Å². The van der Waals surface area contributed by atoms with Crippen LogP contribution >= 0.6 is 0 Å². The van der Waals surface area contributed by atoms with E-state index in [1.54, 1.807) is 6.92 Å². The molecule has 0 saturated heterocycles. The summed E-state index contributed by atoms with van der Waals surface area (Å²) in [6.45, 7) is 3.73. The normalized spacial score (nSPS) is 14.4. The molecule has 0 heterocycles. The summed E-state index contributed by atoms with van der Waals surface area (Å²) in [5.41, 5.74) is -1.18. The molecule has 0 aliphatic carbocycles. The second-order valence-electron chi connectivity index (χ2n) is 5.07. The number of amides is 2. The molecule has 0 saturated carbocycles. The van der Waals surface area contributed by atoms with Crippen LogP contribution in [0.15, 0.2) is 24.3 Å². The van der Waals surface area contributed by atoms with Crippen molar-refractivity contribution in [3.8, 4) is 0 Å². The van der Waals surface area contributed by atoms with Gasteiger partial charge in [-0.05, 0) is 31.4 Å². The van der Waals surface area contributed by atoms with Crippen LogP contribution in [0.4, 0.5) is 23.7 Å². The number of halogens is 3. The lowest BCUT2D eigenvalue weighted by Crippen LogP contribution is -2.33. The fraction of sp³-hybridized carbons (Fsp3) is 0.500. The largest absolute Gasteiger partial charge is 0.418 e. The van der Waals surface area contributed by atoms with Crippen LogP contribution in [0.5, 0.6) is 0 Å². The highest BCUT2D eigenvalue weighted by atomic mass is 19.4. The van der Waals surface area contributed by atoms with E-state index in [0.29, 0.717) is 6.42 Å². The predicted octanol–water partition coefficient (Wildman–Crippen LogP) is 3.23. The Hall–Kier alpha value is -1.76. The first-order valence-corrected chi connectivity index (χ1v) is 6.59. The molecule has 0 aliphatic rings. The molecule has 7 heteroatoms. The van der Waals surface area contributed by atoms with E-state index in [1.807, 2.05) is 6.92 Å². The summed E-state index contributed by atoms with van der Waals surface area (Å²) in [7, 11) is 0. The molecule has 0 bridgehead atoms. The van der Waals surface area contributed by atoms with E-state index in [0.717, 1.165) is 6.07 Å². The molecule has 0 fully saturated rings. The monoisotopic (exact) mass is 304 g/mol. The summed E-state index contributed by atoms with van der Waals surface area (Å²) in [4.78, 5) is 11.6. The van der Waals surface area contributed by atoms with Gasteiger partial charge in [0.1, 0.15) is 0 Å². The van der Waals surface area contributed by atoms with Gasteiger partial charge in [-0.3, -0.25) is 0 Å². The number of carbonyl (C=O) groups is 1. The molecule has 1 aromatic carbocycles. The molecular weight excluding hydrogens is 285 g/mol. The van der Waals surface area contributed by atoms with Gasteiger partial charge in [0.05, 0.1) is 17.4 Å². The summed E-state index contributed by atoms with van der Waals surface area (Å²) in [6, 6.07) is 4.08. The van der Waals surface area contributed by atoms with Crippen LogP contribution < -0.4 is 10.6 Å². The topological polar surface area (TPSA) is 61.4 Å². The second-order valence-corrected chi connectivity index (χ2v) is 5.07. The summed E-state index contributed by atoms with van der Waals surface area (Å²) < 4.78 is 38.3. The Morgan fingerprint density at radius 1 is 1.29 bits per heavy atom. The van der Waals surface area contributed by atoms with Crippen LogP contribution in [-0.2, 0) is 6.18 Å². The Bertz CT molecular complexity index is 476. The molecule has 0 aromatic heterocycles. The van der Waals surface area contributed by atoms with Gasteiger partial charge in [0.2, 0.25) is 0 Å². The van der Waals surface area contributed by atoms with Crippen LogP contribution in [0.25, 0.3) is 0 Å². The van der Waals surface area contributed by atoms with E-state index >= 15 is 0 Å². The van der Waals surface area contributed by atoms with Crippen LogP contribution in [0.2, 0.25) is 0 Å². The number of carbonyl (C=O) groups excluding carboxylic acids is 1. The van der Waals surface area contributed by atoms with Gasteiger partial charge < -0.3 is 15.7 Å². The Kier molecular flexibility index (Phi) is 6.02. The zero-order chi connectivity index (χ0) is 16.0. The van der Waals surface area contributed by atoms with Gasteiger partial charge in [-0.25, -0.2) is 4.79 Å². The van der Waals surface area contributed by atoms with Crippen molar-refractivity contribution in [2.45, 2.75) is 32.5 Å². The number of benzene rings is 1. The lowest BCUT2D eigenvalue weighted by Gasteiger charge is -2.16. The van der Waals surface area contributed by atoms with Gasteiger partial charge in [-0.2, -0.15) is 13.2 Å². The van der Waals surface area contributed by atoms with Crippen molar-refractivity contribution in [1.82, 2.24) is 5.32 Å². The first kappa shape index (κ1) is 17.3. The summed E-state index contributed by atoms with van der Waals surface area (Å²) >= 11 is 0. The molecule has 3 N–H and O–H groups in total. The fourth-order valence-corrected chi connectivity index (χ4v) is 1.94. The minimum atomic E-state index is -4.52. The van der Waals surface area contributed by atoms with E-state index in [-0.39, 0.29) is 18.2 Å². The molecule has 21 heavy (non-hydrogen) atoms. The lowest BCUT2D eigenvalue weighted by atomic mass is 10.1. The van der Waals surface area contributed by atoms with E-state index in [4.69, 9.17) is 0 Å².